The lowest BCUT2D eigenvalue weighted by Crippen LogP contribution is -2.52. The summed E-state index contributed by atoms with van der Waals surface area (Å²) in [4.78, 5) is 61.3. The number of fused-ring (bicyclic) bond motifs is 4. The van der Waals surface area contributed by atoms with E-state index >= 15 is 4.21 Å². The maximum Gasteiger partial charge on any atom is 0.409 e. The Morgan fingerprint density at radius 2 is 1.79 bits per heavy atom. The van der Waals surface area contributed by atoms with E-state index in [0.29, 0.717) is 36.2 Å². The van der Waals surface area contributed by atoms with Gasteiger partial charge in [0, 0.05) is 83.6 Å². The predicted octanol–water partition coefficient (Wildman–Crippen LogP) is 5.28. The number of benzene rings is 2. The highest BCUT2D eigenvalue weighted by Crippen LogP contribution is 2.47. The second-order valence-electron chi connectivity index (χ2n) is 17.3. The fourth-order valence-corrected chi connectivity index (χ4v) is 11.7. The van der Waals surface area contributed by atoms with E-state index in [2.05, 4.69) is 25.1 Å². The molecule has 1 aromatic heterocycles. The summed E-state index contributed by atoms with van der Waals surface area (Å²) >= 11 is 6.50. The average molecular weight is 894 g/mol. The quantitative estimate of drug-likeness (QED) is 0.319. The van der Waals surface area contributed by atoms with E-state index in [4.69, 9.17) is 30.5 Å². The summed E-state index contributed by atoms with van der Waals surface area (Å²) in [6.07, 6.45) is 6.99. The number of methoxy groups -OCH3 is 2. The van der Waals surface area contributed by atoms with Crippen LogP contribution in [0, 0.1) is 17.8 Å². The molecule has 2 aliphatic heterocycles. The minimum atomic E-state index is -4.46. The minimum absolute atomic E-state index is 0.0580. The van der Waals surface area contributed by atoms with E-state index < -0.39 is 62.5 Å². The molecule has 0 saturated heterocycles. The molecule has 62 heavy (non-hydrogen) atoms. The highest BCUT2D eigenvalue weighted by atomic mass is 35.5. The van der Waals surface area contributed by atoms with Crippen molar-refractivity contribution in [3.8, 4) is 11.6 Å². The van der Waals surface area contributed by atoms with Crippen molar-refractivity contribution in [1.82, 2.24) is 24.3 Å². The number of aryl methyl sites for hydroxylation is 2. The number of ether oxygens (including phenoxy) is 4. The van der Waals surface area contributed by atoms with Crippen molar-refractivity contribution in [3.63, 3.8) is 0 Å². The third-order valence-electron chi connectivity index (χ3n) is 12.7. The van der Waals surface area contributed by atoms with E-state index in [0.717, 1.165) is 32.1 Å². The van der Waals surface area contributed by atoms with Gasteiger partial charge >= 0.3 is 6.09 Å². The van der Waals surface area contributed by atoms with Gasteiger partial charge < -0.3 is 33.6 Å². The third kappa shape index (κ3) is 8.75. The molecule has 3 aromatic rings. The zero-order chi connectivity index (χ0) is 44.7. The van der Waals surface area contributed by atoms with Gasteiger partial charge in [0.05, 0.1) is 25.5 Å². The molecule has 2 unspecified atom stereocenters. The number of hydrogen-bond acceptors (Lipinski definition) is 11. The molecule has 1 saturated carbocycles. The number of carbonyl (C=O) groups is 4. The van der Waals surface area contributed by atoms with E-state index in [1.807, 2.05) is 18.2 Å². The zero-order valence-electron chi connectivity index (χ0n) is 36.5. The third-order valence-corrected chi connectivity index (χ3v) is 15.2. The van der Waals surface area contributed by atoms with Crippen LogP contribution in [0.2, 0.25) is 5.02 Å². The fourth-order valence-electron chi connectivity index (χ4n) is 9.30. The predicted molar refractivity (Wildman–Crippen MR) is 234 cm³/mol. The molecule has 7 rings (SSSR count). The summed E-state index contributed by atoms with van der Waals surface area (Å²) in [7, 11) is 6.02. The van der Waals surface area contributed by atoms with Crippen molar-refractivity contribution >= 4 is 51.0 Å². The molecule has 3 heterocycles. The lowest BCUT2D eigenvalue weighted by molar-refractivity contribution is -0.129. The summed E-state index contributed by atoms with van der Waals surface area (Å²) < 4.78 is 48.1. The summed E-state index contributed by atoms with van der Waals surface area (Å²) in [5.41, 5.74) is 2.62. The van der Waals surface area contributed by atoms with Crippen LogP contribution in [0.1, 0.15) is 64.4 Å². The summed E-state index contributed by atoms with van der Waals surface area (Å²) in [5, 5.41) is 3.10. The Hall–Kier alpha value is -5.13. The molecular weight excluding hydrogens is 838 g/mol. The van der Waals surface area contributed by atoms with Crippen LogP contribution >= 0.6 is 11.6 Å². The van der Waals surface area contributed by atoms with E-state index in [9.17, 15) is 19.2 Å². The van der Waals surface area contributed by atoms with Crippen molar-refractivity contribution < 1.29 is 42.3 Å². The fraction of sp³-hybridized carbons (Fsp3) is 0.523. The van der Waals surface area contributed by atoms with Crippen LogP contribution in [0.4, 0.5) is 10.5 Å². The van der Waals surface area contributed by atoms with Gasteiger partial charge in [-0.15, -0.1) is 9.46 Å². The molecule has 18 heteroatoms. The van der Waals surface area contributed by atoms with Crippen molar-refractivity contribution in [3.05, 3.63) is 82.0 Å². The lowest BCUT2D eigenvalue weighted by Gasteiger charge is -2.46. The summed E-state index contributed by atoms with van der Waals surface area (Å²) in [5.74, 6) is -3.04. The highest BCUT2D eigenvalue weighted by Gasteiger charge is 2.46. The number of amides is 4. The number of aromatic nitrogens is 2. The molecule has 334 valence electrons. The van der Waals surface area contributed by atoms with Crippen molar-refractivity contribution in [2.45, 2.75) is 61.9 Å². The van der Waals surface area contributed by atoms with Crippen LogP contribution in [0.15, 0.2) is 59.1 Å². The van der Waals surface area contributed by atoms with Crippen LogP contribution in [-0.2, 0) is 43.1 Å². The molecule has 8 atom stereocenters. The van der Waals surface area contributed by atoms with Crippen LogP contribution in [0.25, 0.3) is 0 Å². The number of rotatable bonds is 6. The second-order valence-corrected chi connectivity index (χ2v) is 19.7. The highest BCUT2D eigenvalue weighted by molar-refractivity contribution is 7.94. The molecule has 0 radical (unpaired) electrons. The first-order valence-corrected chi connectivity index (χ1v) is 22.7. The molecule has 2 aliphatic carbocycles. The second kappa shape index (κ2) is 17.9. The number of hydrogen-bond donors (Lipinski definition) is 1. The van der Waals surface area contributed by atoms with Crippen molar-refractivity contribution in [1.29, 1.82) is 0 Å². The molecule has 1 fully saturated rings. The van der Waals surface area contributed by atoms with Gasteiger partial charge in [-0.25, -0.2) is 9.00 Å². The Balaban J connectivity index is 1.43. The van der Waals surface area contributed by atoms with Crippen molar-refractivity contribution in [2.24, 2.45) is 29.2 Å². The Morgan fingerprint density at radius 1 is 1.03 bits per heavy atom. The standard InChI is InChI=1S/C44H56ClN7O9S/c1-26-35(61-43(56)50(4)5)17-18-36(58-7)31-14-11-29(31)22-52-24-44(19-9-10-27-20-30(45)13-15-33(27)44)25-60-37-16-12-28(21-34(37)52)39(53)47-62(57,38(26)42(55)49(2)3)48-40(54)32-23-51(6)46-41(32)59-8/h12-13,15-18,20-21,23,26,29,31,35-36,38H,9-11,14,19,22,24-25H2,1-8H3,(H,47,48,53,54,57)/b18-17+/t26-,29-,31+,35-,36-,38?,44-,62?/m0/s1. The normalized spacial score (nSPS) is 28.7. The van der Waals surface area contributed by atoms with Gasteiger partial charge in [0.2, 0.25) is 11.8 Å². The Morgan fingerprint density at radius 3 is 2.47 bits per heavy atom. The summed E-state index contributed by atoms with van der Waals surface area (Å²) in [6.45, 7) is 3.17. The minimum Gasteiger partial charge on any atom is -0.490 e. The molecular formula is C44H56ClN7O9S. The maximum absolute atomic E-state index is 15.8. The number of halogens is 1. The van der Waals surface area contributed by atoms with Gasteiger partial charge in [0.1, 0.15) is 22.7 Å². The molecule has 1 spiro atoms. The number of anilines is 1. The van der Waals surface area contributed by atoms with Gasteiger partial charge in [-0.05, 0) is 91.5 Å². The first-order chi connectivity index (χ1) is 29.5. The number of nitrogens with one attached hydrogen (secondary N) is 1. The lowest BCUT2D eigenvalue weighted by atomic mass is 9.68. The number of carbonyl (C=O) groups excluding carboxylic acids is 4. The first-order valence-electron chi connectivity index (χ1n) is 20.8. The summed E-state index contributed by atoms with van der Waals surface area (Å²) in [6, 6.07) is 11.0. The van der Waals surface area contributed by atoms with E-state index in [1.165, 1.54) is 67.1 Å². The topological polar surface area (TPSA) is 174 Å². The van der Waals surface area contributed by atoms with Crippen LogP contribution in [0.3, 0.4) is 0 Å². The first kappa shape index (κ1) is 44.9. The maximum atomic E-state index is 15.8. The molecule has 4 amide bonds. The van der Waals surface area contributed by atoms with E-state index in [1.54, 1.807) is 45.4 Å². The molecule has 2 aromatic carbocycles. The van der Waals surface area contributed by atoms with Crippen LogP contribution < -0.4 is 19.1 Å². The monoisotopic (exact) mass is 893 g/mol. The van der Waals surface area contributed by atoms with Gasteiger partial charge in [0.15, 0.2) is 9.92 Å². The van der Waals surface area contributed by atoms with Gasteiger partial charge in [-0.1, -0.05) is 30.7 Å². The number of nitrogens with zero attached hydrogens (tertiary/aromatic N) is 6. The van der Waals surface area contributed by atoms with Gasteiger partial charge in [0.25, 0.3) is 11.8 Å². The Labute approximate surface area is 368 Å². The van der Waals surface area contributed by atoms with Gasteiger partial charge in [-0.3, -0.25) is 23.8 Å². The smallest absolute Gasteiger partial charge is 0.409 e. The Kier molecular flexibility index (Phi) is 13.0. The Bertz CT molecular complexity index is 2390. The molecule has 16 nitrogen and oxygen atoms in total. The average Bonchev–Trinajstić information content (AvgIpc) is 3.54. The van der Waals surface area contributed by atoms with Crippen LogP contribution in [0.5, 0.6) is 11.6 Å². The molecule has 1 N–H and O–H groups in total. The molecule has 2 bridgehead atoms. The van der Waals surface area contributed by atoms with Crippen LogP contribution in [-0.4, -0.2) is 127 Å². The SMILES string of the molecule is COc1nn(C)cc1C(=O)NS1(=O)=NC(=O)c2ccc3c(c2)N(C[C@@H]2CC[C@H]2[C@@H](OC)/C=C/[C@H](OC(=O)N(C)C)[C@H](C)C1C(=O)N(C)C)C[C@@]1(CCCc2cc(Cl)ccc21)CO3. The van der Waals surface area contributed by atoms with Gasteiger partial charge in [-0.2, -0.15) is 0 Å². The van der Waals surface area contributed by atoms with Crippen molar-refractivity contribution in [2.75, 3.05) is 67.0 Å². The molecule has 4 aliphatic rings. The largest absolute Gasteiger partial charge is 0.490 e. The van der Waals surface area contributed by atoms with E-state index in [-0.39, 0.29) is 28.8 Å². The zero-order valence-corrected chi connectivity index (χ0v) is 38.0.